The Morgan fingerprint density at radius 3 is 2.38 bits per heavy atom. The Morgan fingerprint density at radius 2 is 1.88 bits per heavy atom. The summed E-state index contributed by atoms with van der Waals surface area (Å²) >= 11 is 0. The van der Waals surface area contributed by atoms with E-state index < -0.39 is 0 Å². The summed E-state index contributed by atoms with van der Waals surface area (Å²) in [6.07, 6.45) is 0.990. The zero-order chi connectivity index (χ0) is 12.0. The smallest absolute Gasteiger partial charge is 0.0496 e. The average Bonchev–Trinajstić information content (AvgIpc) is 2.31. The standard InChI is InChI=1S/C14H23NO/c1-4-14(3,11-16)10-15-9-13-7-5-12(2)6-8-13/h5-8,15-16H,4,9-11H2,1-3H3. The molecule has 0 aliphatic heterocycles. The SMILES string of the molecule is CCC(C)(CO)CNCc1ccc(C)cc1. The van der Waals surface area contributed by atoms with E-state index in [-0.39, 0.29) is 12.0 Å². The molecule has 2 heteroatoms. The van der Waals surface area contributed by atoms with Crippen LogP contribution in [-0.4, -0.2) is 18.3 Å². The Balaban J connectivity index is 2.38. The minimum absolute atomic E-state index is 0.00466. The fraction of sp³-hybridized carbons (Fsp3) is 0.571. The highest BCUT2D eigenvalue weighted by Gasteiger charge is 2.19. The summed E-state index contributed by atoms with van der Waals surface area (Å²) < 4.78 is 0. The molecule has 2 N–H and O–H groups in total. The molecule has 0 aliphatic carbocycles. The summed E-state index contributed by atoms with van der Waals surface area (Å²) in [6, 6.07) is 8.54. The highest BCUT2D eigenvalue weighted by atomic mass is 16.3. The molecule has 0 saturated carbocycles. The van der Waals surface area contributed by atoms with Crippen LogP contribution in [0.1, 0.15) is 31.4 Å². The summed E-state index contributed by atoms with van der Waals surface area (Å²) in [5, 5.41) is 12.7. The predicted molar refractivity (Wildman–Crippen MR) is 68.4 cm³/mol. The average molecular weight is 221 g/mol. The van der Waals surface area contributed by atoms with Gasteiger partial charge >= 0.3 is 0 Å². The van der Waals surface area contributed by atoms with Gasteiger partial charge in [0.25, 0.3) is 0 Å². The van der Waals surface area contributed by atoms with Gasteiger partial charge in [0.15, 0.2) is 0 Å². The normalized spacial score (nSPS) is 14.8. The summed E-state index contributed by atoms with van der Waals surface area (Å²) in [6.45, 7) is 8.28. The maximum absolute atomic E-state index is 9.28. The van der Waals surface area contributed by atoms with Crippen molar-refractivity contribution < 1.29 is 5.11 Å². The summed E-state index contributed by atoms with van der Waals surface area (Å²) in [4.78, 5) is 0. The van der Waals surface area contributed by atoms with Gasteiger partial charge in [-0.2, -0.15) is 0 Å². The molecule has 0 spiro atoms. The van der Waals surface area contributed by atoms with Crippen LogP contribution in [0.2, 0.25) is 0 Å². The molecule has 0 amide bonds. The molecule has 0 radical (unpaired) electrons. The van der Waals surface area contributed by atoms with E-state index in [9.17, 15) is 5.11 Å². The maximum Gasteiger partial charge on any atom is 0.0496 e. The van der Waals surface area contributed by atoms with Gasteiger partial charge in [0, 0.05) is 25.1 Å². The topological polar surface area (TPSA) is 32.3 Å². The van der Waals surface area contributed by atoms with Crippen LogP contribution in [0, 0.1) is 12.3 Å². The minimum atomic E-state index is 0.00466. The molecular formula is C14H23NO. The van der Waals surface area contributed by atoms with E-state index in [1.54, 1.807) is 0 Å². The van der Waals surface area contributed by atoms with Gasteiger partial charge in [-0.1, -0.05) is 43.7 Å². The molecule has 16 heavy (non-hydrogen) atoms. The minimum Gasteiger partial charge on any atom is -0.396 e. The van der Waals surface area contributed by atoms with E-state index in [1.807, 2.05) is 0 Å². The van der Waals surface area contributed by atoms with Crippen LogP contribution in [0.4, 0.5) is 0 Å². The molecule has 90 valence electrons. The second kappa shape index (κ2) is 6.02. The molecule has 0 heterocycles. The molecule has 2 nitrogen and oxygen atoms in total. The molecule has 1 atom stereocenters. The molecule has 1 aromatic rings. The number of rotatable bonds is 6. The second-order valence-electron chi connectivity index (χ2n) is 4.91. The number of benzene rings is 1. The Hall–Kier alpha value is -0.860. The molecule has 0 saturated heterocycles. The third kappa shape index (κ3) is 3.95. The molecule has 0 aromatic heterocycles. The van der Waals surface area contributed by atoms with Crippen molar-refractivity contribution in [2.24, 2.45) is 5.41 Å². The van der Waals surface area contributed by atoms with Gasteiger partial charge in [-0.3, -0.25) is 0 Å². The lowest BCUT2D eigenvalue weighted by molar-refractivity contribution is 0.135. The van der Waals surface area contributed by atoms with Crippen molar-refractivity contribution >= 4 is 0 Å². The van der Waals surface area contributed by atoms with Crippen LogP contribution in [0.5, 0.6) is 0 Å². The lowest BCUT2D eigenvalue weighted by Gasteiger charge is -2.25. The first-order chi connectivity index (χ1) is 7.59. The third-order valence-corrected chi connectivity index (χ3v) is 3.24. The maximum atomic E-state index is 9.28. The predicted octanol–water partition coefficient (Wildman–Crippen LogP) is 2.49. The first-order valence-corrected chi connectivity index (χ1v) is 5.97. The van der Waals surface area contributed by atoms with E-state index in [2.05, 4.69) is 50.4 Å². The number of hydrogen-bond acceptors (Lipinski definition) is 2. The first kappa shape index (κ1) is 13.2. The van der Waals surface area contributed by atoms with Crippen molar-refractivity contribution in [3.63, 3.8) is 0 Å². The number of aliphatic hydroxyl groups excluding tert-OH is 1. The Kier molecular flexibility index (Phi) is 4.97. The van der Waals surface area contributed by atoms with Crippen molar-refractivity contribution in [3.8, 4) is 0 Å². The van der Waals surface area contributed by atoms with Crippen LogP contribution >= 0.6 is 0 Å². The van der Waals surface area contributed by atoms with Gasteiger partial charge in [-0.25, -0.2) is 0 Å². The number of hydrogen-bond donors (Lipinski definition) is 2. The van der Waals surface area contributed by atoms with Crippen LogP contribution in [0.25, 0.3) is 0 Å². The highest BCUT2D eigenvalue weighted by molar-refractivity contribution is 5.21. The van der Waals surface area contributed by atoms with Crippen molar-refractivity contribution in [1.29, 1.82) is 0 Å². The van der Waals surface area contributed by atoms with Gasteiger partial charge < -0.3 is 10.4 Å². The highest BCUT2D eigenvalue weighted by Crippen LogP contribution is 2.18. The van der Waals surface area contributed by atoms with Gasteiger partial charge in [0.1, 0.15) is 0 Å². The first-order valence-electron chi connectivity index (χ1n) is 5.97. The van der Waals surface area contributed by atoms with Crippen molar-refractivity contribution in [2.45, 2.75) is 33.7 Å². The zero-order valence-corrected chi connectivity index (χ0v) is 10.6. The molecule has 1 rings (SSSR count). The van der Waals surface area contributed by atoms with Gasteiger partial charge in [0.05, 0.1) is 0 Å². The van der Waals surface area contributed by atoms with Crippen LogP contribution in [0.15, 0.2) is 24.3 Å². The fourth-order valence-corrected chi connectivity index (χ4v) is 1.51. The van der Waals surface area contributed by atoms with E-state index in [0.29, 0.717) is 0 Å². The number of aryl methyl sites for hydroxylation is 1. The monoisotopic (exact) mass is 221 g/mol. The van der Waals surface area contributed by atoms with E-state index in [1.165, 1.54) is 11.1 Å². The lowest BCUT2D eigenvalue weighted by atomic mass is 9.88. The molecule has 1 unspecified atom stereocenters. The van der Waals surface area contributed by atoms with Gasteiger partial charge in [-0.05, 0) is 18.9 Å². The zero-order valence-electron chi connectivity index (χ0n) is 10.6. The number of nitrogens with one attached hydrogen (secondary N) is 1. The molecular weight excluding hydrogens is 198 g/mol. The van der Waals surface area contributed by atoms with Crippen LogP contribution < -0.4 is 5.32 Å². The fourth-order valence-electron chi connectivity index (χ4n) is 1.51. The van der Waals surface area contributed by atoms with E-state index >= 15 is 0 Å². The lowest BCUT2D eigenvalue weighted by Crippen LogP contribution is -2.34. The van der Waals surface area contributed by atoms with E-state index in [0.717, 1.165) is 19.5 Å². The quantitative estimate of drug-likeness (QED) is 0.773. The van der Waals surface area contributed by atoms with Gasteiger partial charge in [0.2, 0.25) is 0 Å². The van der Waals surface area contributed by atoms with E-state index in [4.69, 9.17) is 0 Å². The largest absolute Gasteiger partial charge is 0.396 e. The molecule has 0 fully saturated rings. The van der Waals surface area contributed by atoms with Crippen molar-refractivity contribution in [3.05, 3.63) is 35.4 Å². The summed E-state index contributed by atoms with van der Waals surface area (Å²) in [5.41, 5.74) is 2.59. The van der Waals surface area contributed by atoms with Crippen molar-refractivity contribution in [1.82, 2.24) is 5.32 Å². The Labute approximate surface area is 98.7 Å². The van der Waals surface area contributed by atoms with Gasteiger partial charge in [-0.15, -0.1) is 0 Å². The summed E-state index contributed by atoms with van der Waals surface area (Å²) in [7, 11) is 0. The Morgan fingerprint density at radius 1 is 1.25 bits per heavy atom. The second-order valence-corrected chi connectivity index (χ2v) is 4.91. The van der Waals surface area contributed by atoms with Crippen LogP contribution in [0.3, 0.4) is 0 Å². The molecule has 1 aromatic carbocycles. The van der Waals surface area contributed by atoms with Crippen LogP contribution in [-0.2, 0) is 6.54 Å². The third-order valence-electron chi connectivity index (χ3n) is 3.24. The van der Waals surface area contributed by atoms with Crippen molar-refractivity contribution in [2.75, 3.05) is 13.2 Å². The number of aliphatic hydroxyl groups is 1. The Bertz CT molecular complexity index is 301. The molecule has 0 aliphatic rings. The summed E-state index contributed by atoms with van der Waals surface area (Å²) in [5.74, 6) is 0. The molecule has 0 bridgehead atoms.